The molecule has 1 aliphatic rings. The van der Waals surface area contributed by atoms with Gasteiger partial charge < -0.3 is 15.5 Å². The highest BCUT2D eigenvalue weighted by molar-refractivity contribution is 5.81. The molecule has 2 unspecified atom stereocenters. The van der Waals surface area contributed by atoms with E-state index in [-0.39, 0.29) is 11.9 Å². The quantitative estimate of drug-likeness (QED) is 0.672. The van der Waals surface area contributed by atoms with Gasteiger partial charge in [-0.25, -0.2) is 0 Å². The second kappa shape index (κ2) is 6.93. The molecule has 17 heavy (non-hydrogen) atoms. The zero-order valence-electron chi connectivity index (χ0n) is 11.5. The first-order valence-electron chi connectivity index (χ1n) is 6.41. The van der Waals surface area contributed by atoms with Crippen molar-refractivity contribution in [1.29, 1.82) is 0 Å². The molecule has 2 atom stereocenters. The summed E-state index contributed by atoms with van der Waals surface area (Å²) in [6, 6.07) is 0.348. The zero-order valence-corrected chi connectivity index (χ0v) is 11.5. The summed E-state index contributed by atoms with van der Waals surface area (Å²) in [7, 11) is 4.05. The molecule has 0 spiro atoms. The van der Waals surface area contributed by atoms with E-state index in [4.69, 9.17) is 0 Å². The highest BCUT2D eigenvalue weighted by Crippen LogP contribution is 2.01. The van der Waals surface area contributed by atoms with Crippen molar-refractivity contribution in [2.45, 2.75) is 25.9 Å². The van der Waals surface area contributed by atoms with Crippen molar-refractivity contribution in [1.82, 2.24) is 20.4 Å². The zero-order chi connectivity index (χ0) is 12.8. The lowest BCUT2D eigenvalue weighted by Crippen LogP contribution is -2.53. The van der Waals surface area contributed by atoms with Gasteiger partial charge in [-0.1, -0.05) is 0 Å². The molecule has 1 rings (SSSR count). The van der Waals surface area contributed by atoms with Gasteiger partial charge >= 0.3 is 0 Å². The predicted molar refractivity (Wildman–Crippen MR) is 70.1 cm³/mol. The maximum atomic E-state index is 12.0. The third-order valence-electron chi connectivity index (χ3n) is 3.53. The van der Waals surface area contributed by atoms with Crippen molar-refractivity contribution in [3.8, 4) is 0 Å². The molecule has 5 nitrogen and oxygen atoms in total. The van der Waals surface area contributed by atoms with Gasteiger partial charge in [0.1, 0.15) is 0 Å². The van der Waals surface area contributed by atoms with E-state index in [9.17, 15) is 4.79 Å². The van der Waals surface area contributed by atoms with Gasteiger partial charge in [-0.2, -0.15) is 0 Å². The van der Waals surface area contributed by atoms with Gasteiger partial charge in [-0.05, 0) is 27.9 Å². The summed E-state index contributed by atoms with van der Waals surface area (Å²) in [6.07, 6.45) is 0. The van der Waals surface area contributed by atoms with Crippen molar-refractivity contribution >= 4 is 5.91 Å². The summed E-state index contributed by atoms with van der Waals surface area (Å²) >= 11 is 0. The average Bonchev–Trinajstić information content (AvgIpc) is 2.35. The highest BCUT2D eigenvalue weighted by Gasteiger charge is 2.22. The lowest BCUT2D eigenvalue weighted by Gasteiger charge is -2.32. The van der Waals surface area contributed by atoms with Crippen LogP contribution >= 0.6 is 0 Å². The Morgan fingerprint density at radius 2 is 1.94 bits per heavy atom. The lowest BCUT2D eigenvalue weighted by atomic mass is 10.2. The minimum Gasteiger partial charge on any atom is -0.353 e. The van der Waals surface area contributed by atoms with Crippen LogP contribution in [0.4, 0.5) is 0 Å². The maximum absolute atomic E-state index is 12.0. The first-order valence-corrected chi connectivity index (χ1v) is 6.41. The minimum absolute atomic E-state index is 0.0218. The van der Waals surface area contributed by atoms with Crippen LogP contribution in [-0.4, -0.2) is 74.6 Å². The minimum atomic E-state index is -0.0218. The Morgan fingerprint density at radius 3 is 2.47 bits per heavy atom. The standard InChI is InChI=1S/C12H26N4O/c1-10(15(3)4)9-14-12(17)11(2)16-7-5-13-6-8-16/h10-11,13H,5-9H2,1-4H3,(H,14,17). The smallest absolute Gasteiger partial charge is 0.237 e. The molecular formula is C12H26N4O. The fourth-order valence-electron chi connectivity index (χ4n) is 1.81. The maximum Gasteiger partial charge on any atom is 0.237 e. The SMILES string of the molecule is CC(CNC(=O)C(C)N1CCNCC1)N(C)C. The summed E-state index contributed by atoms with van der Waals surface area (Å²) in [5, 5.41) is 6.31. The van der Waals surface area contributed by atoms with Gasteiger partial charge in [0.05, 0.1) is 6.04 Å². The van der Waals surface area contributed by atoms with E-state index in [1.165, 1.54) is 0 Å². The number of nitrogens with one attached hydrogen (secondary N) is 2. The van der Waals surface area contributed by atoms with E-state index in [0.29, 0.717) is 12.6 Å². The number of rotatable bonds is 5. The van der Waals surface area contributed by atoms with E-state index < -0.39 is 0 Å². The van der Waals surface area contributed by atoms with Crippen LogP contribution in [0.2, 0.25) is 0 Å². The summed E-state index contributed by atoms with van der Waals surface area (Å²) in [6.45, 7) is 8.67. The summed E-state index contributed by atoms with van der Waals surface area (Å²) in [4.78, 5) is 16.3. The number of hydrogen-bond donors (Lipinski definition) is 2. The molecule has 1 amide bonds. The molecule has 0 aromatic heterocycles. The number of hydrogen-bond acceptors (Lipinski definition) is 4. The van der Waals surface area contributed by atoms with Crippen molar-refractivity contribution in [3.05, 3.63) is 0 Å². The van der Waals surface area contributed by atoms with Gasteiger partial charge in [0.2, 0.25) is 5.91 Å². The van der Waals surface area contributed by atoms with Crippen LogP contribution in [0.5, 0.6) is 0 Å². The Bertz CT molecular complexity index is 239. The fourth-order valence-corrected chi connectivity index (χ4v) is 1.81. The molecule has 0 aromatic rings. The van der Waals surface area contributed by atoms with Gasteiger partial charge in [-0.3, -0.25) is 9.69 Å². The van der Waals surface area contributed by atoms with Crippen LogP contribution in [0.1, 0.15) is 13.8 Å². The second-order valence-electron chi connectivity index (χ2n) is 5.02. The third-order valence-corrected chi connectivity index (χ3v) is 3.53. The van der Waals surface area contributed by atoms with Crippen LogP contribution in [0, 0.1) is 0 Å². The molecule has 2 N–H and O–H groups in total. The Morgan fingerprint density at radius 1 is 1.35 bits per heavy atom. The molecule has 0 aromatic carbocycles. The molecule has 1 fully saturated rings. The van der Waals surface area contributed by atoms with Gasteiger partial charge in [0, 0.05) is 38.8 Å². The number of carbonyl (C=O) groups is 1. The molecule has 0 saturated carbocycles. The van der Waals surface area contributed by atoms with E-state index >= 15 is 0 Å². The van der Waals surface area contributed by atoms with Crippen molar-refractivity contribution in [2.24, 2.45) is 0 Å². The van der Waals surface area contributed by atoms with Gasteiger partial charge in [0.15, 0.2) is 0 Å². The Kier molecular flexibility index (Phi) is 5.88. The molecule has 1 aliphatic heterocycles. The Hall–Kier alpha value is -0.650. The van der Waals surface area contributed by atoms with Crippen LogP contribution < -0.4 is 10.6 Å². The monoisotopic (exact) mass is 242 g/mol. The molecular weight excluding hydrogens is 216 g/mol. The van der Waals surface area contributed by atoms with Crippen molar-refractivity contribution < 1.29 is 4.79 Å². The van der Waals surface area contributed by atoms with Gasteiger partial charge in [-0.15, -0.1) is 0 Å². The molecule has 0 aliphatic carbocycles. The fraction of sp³-hybridized carbons (Fsp3) is 0.917. The topological polar surface area (TPSA) is 47.6 Å². The van der Waals surface area contributed by atoms with E-state index in [0.717, 1.165) is 26.2 Å². The summed E-state index contributed by atoms with van der Waals surface area (Å²) < 4.78 is 0. The molecule has 0 radical (unpaired) electrons. The number of amides is 1. The summed E-state index contributed by atoms with van der Waals surface area (Å²) in [5.74, 6) is 0.139. The summed E-state index contributed by atoms with van der Waals surface area (Å²) in [5.41, 5.74) is 0. The third kappa shape index (κ3) is 4.61. The first kappa shape index (κ1) is 14.4. The lowest BCUT2D eigenvalue weighted by molar-refractivity contribution is -0.126. The molecule has 100 valence electrons. The number of likely N-dealkylation sites (N-methyl/N-ethyl adjacent to an activating group) is 1. The molecule has 0 bridgehead atoms. The molecule has 1 saturated heterocycles. The largest absolute Gasteiger partial charge is 0.353 e. The van der Waals surface area contributed by atoms with E-state index in [1.54, 1.807) is 0 Å². The number of nitrogens with zero attached hydrogens (tertiary/aromatic N) is 2. The predicted octanol–water partition coefficient (Wildman–Crippen LogP) is -0.654. The first-order chi connectivity index (χ1) is 8.02. The number of piperazine rings is 1. The van der Waals surface area contributed by atoms with Crippen LogP contribution in [0.15, 0.2) is 0 Å². The highest BCUT2D eigenvalue weighted by atomic mass is 16.2. The Balaban J connectivity index is 2.30. The van der Waals surface area contributed by atoms with Gasteiger partial charge in [0.25, 0.3) is 0 Å². The van der Waals surface area contributed by atoms with E-state index in [1.807, 2.05) is 21.0 Å². The van der Waals surface area contributed by atoms with Crippen LogP contribution in [-0.2, 0) is 4.79 Å². The average molecular weight is 242 g/mol. The normalized spacial score (nSPS) is 21.2. The Labute approximate surface area is 105 Å². The number of carbonyl (C=O) groups excluding carboxylic acids is 1. The molecule has 1 heterocycles. The second-order valence-corrected chi connectivity index (χ2v) is 5.02. The molecule has 5 heteroatoms. The van der Waals surface area contributed by atoms with Crippen LogP contribution in [0.25, 0.3) is 0 Å². The van der Waals surface area contributed by atoms with E-state index in [2.05, 4.69) is 27.4 Å². The van der Waals surface area contributed by atoms with Crippen molar-refractivity contribution in [3.63, 3.8) is 0 Å². The van der Waals surface area contributed by atoms with Crippen molar-refractivity contribution in [2.75, 3.05) is 46.8 Å². The van der Waals surface area contributed by atoms with Crippen LogP contribution in [0.3, 0.4) is 0 Å².